The van der Waals surface area contributed by atoms with Gasteiger partial charge in [0, 0.05) is 11.3 Å². The number of nitrogens with one attached hydrogen (secondary N) is 2. The molecule has 2 N–H and O–H groups in total. The predicted molar refractivity (Wildman–Crippen MR) is 76.0 cm³/mol. The van der Waals surface area contributed by atoms with Gasteiger partial charge in [-0.15, -0.1) is 0 Å². The average Bonchev–Trinajstić information content (AvgIpc) is 2.46. The Labute approximate surface area is 116 Å². The maximum atomic E-state index is 13.8. The smallest absolute Gasteiger partial charge is 0.255 e. The van der Waals surface area contributed by atoms with Crippen molar-refractivity contribution in [2.75, 3.05) is 5.32 Å². The van der Waals surface area contributed by atoms with Crippen LogP contribution in [0.25, 0.3) is 0 Å². The molecule has 0 saturated heterocycles. The third-order valence-corrected chi connectivity index (χ3v) is 3.55. The van der Waals surface area contributed by atoms with Crippen LogP contribution < -0.4 is 10.6 Å². The van der Waals surface area contributed by atoms with E-state index in [0.29, 0.717) is 11.1 Å². The summed E-state index contributed by atoms with van der Waals surface area (Å²) in [4.78, 5) is 12.3. The molecule has 20 heavy (non-hydrogen) atoms. The summed E-state index contributed by atoms with van der Waals surface area (Å²) in [5, 5.41) is 6.00. The Kier molecular flexibility index (Phi) is 3.14. The quantitative estimate of drug-likeness (QED) is 0.879. The third-order valence-electron chi connectivity index (χ3n) is 3.55. The van der Waals surface area contributed by atoms with E-state index in [2.05, 4.69) is 10.6 Å². The molecular formula is C16H15FN2O. The van der Waals surface area contributed by atoms with E-state index in [0.717, 1.165) is 17.7 Å². The Balaban J connectivity index is 2.02. The minimum Gasteiger partial charge on any atom is -0.361 e. The number of hydrogen-bond acceptors (Lipinski definition) is 2. The van der Waals surface area contributed by atoms with Crippen LogP contribution in [0.3, 0.4) is 0 Å². The molecule has 0 fully saturated rings. The summed E-state index contributed by atoms with van der Waals surface area (Å²) in [7, 11) is 0. The number of carbonyl (C=O) groups is 1. The van der Waals surface area contributed by atoms with Crippen LogP contribution >= 0.6 is 0 Å². The van der Waals surface area contributed by atoms with Gasteiger partial charge in [0.05, 0.1) is 5.56 Å². The van der Waals surface area contributed by atoms with Crippen molar-refractivity contribution in [1.29, 1.82) is 0 Å². The number of fused-ring (bicyclic) bond motifs is 1. The van der Waals surface area contributed by atoms with E-state index < -0.39 is 6.17 Å². The first-order valence-corrected chi connectivity index (χ1v) is 6.64. The molecule has 0 saturated carbocycles. The van der Waals surface area contributed by atoms with Crippen LogP contribution in [0.2, 0.25) is 0 Å². The van der Waals surface area contributed by atoms with Gasteiger partial charge in [-0.2, -0.15) is 0 Å². The fraction of sp³-hybridized carbons (Fsp3) is 0.188. The van der Waals surface area contributed by atoms with Crippen molar-refractivity contribution >= 4 is 11.6 Å². The summed E-state index contributed by atoms with van der Waals surface area (Å²) in [6.07, 6.45) is 0.242. The summed E-state index contributed by atoms with van der Waals surface area (Å²) in [5.41, 5.74) is 2.83. The molecule has 2 aromatic carbocycles. The highest BCUT2D eigenvalue weighted by Crippen LogP contribution is 2.29. The Bertz CT molecular complexity index is 669. The standard InChI is InChI=1S/C16H15FN2O/c1-2-10-6-5-9-13-14(10)16(20)19-15(18-13)11-7-3-4-8-12(11)17/h3-9,15,18H,2H2,1H3,(H,19,20). The SMILES string of the molecule is CCc1cccc2c1C(=O)NC(c1ccccc1F)N2. The van der Waals surface area contributed by atoms with Crippen molar-refractivity contribution in [2.45, 2.75) is 19.5 Å². The van der Waals surface area contributed by atoms with Crippen LogP contribution in [0.5, 0.6) is 0 Å². The normalized spacial score (nSPS) is 17.1. The number of aryl methyl sites for hydroxylation is 1. The van der Waals surface area contributed by atoms with Gasteiger partial charge >= 0.3 is 0 Å². The Hall–Kier alpha value is -2.36. The maximum Gasteiger partial charge on any atom is 0.255 e. The van der Waals surface area contributed by atoms with Crippen LogP contribution in [0.4, 0.5) is 10.1 Å². The molecule has 1 heterocycles. The fourth-order valence-corrected chi connectivity index (χ4v) is 2.54. The molecular weight excluding hydrogens is 255 g/mol. The van der Waals surface area contributed by atoms with Gasteiger partial charge in [-0.1, -0.05) is 37.3 Å². The van der Waals surface area contributed by atoms with Crippen LogP contribution in [-0.2, 0) is 6.42 Å². The third kappa shape index (κ3) is 2.03. The molecule has 0 spiro atoms. The van der Waals surface area contributed by atoms with Crippen LogP contribution in [0.1, 0.15) is 34.6 Å². The number of carbonyl (C=O) groups excluding carboxylic acids is 1. The van der Waals surface area contributed by atoms with Crippen molar-refractivity contribution < 1.29 is 9.18 Å². The topological polar surface area (TPSA) is 41.1 Å². The molecule has 2 aromatic rings. The first-order valence-electron chi connectivity index (χ1n) is 6.64. The van der Waals surface area contributed by atoms with Crippen LogP contribution in [-0.4, -0.2) is 5.91 Å². The summed E-state index contributed by atoms with van der Waals surface area (Å²) in [6, 6.07) is 12.1. The largest absolute Gasteiger partial charge is 0.361 e. The lowest BCUT2D eigenvalue weighted by Crippen LogP contribution is -2.39. The van der Waals surface area contributed by atoms with Gasteiger partial charge in [0.1, 0.15) is 12.0 Å². The molecule has 3 rings (SSSR count). The van der Waals surface area contributed by atoms with Crippen molar-refractivity contribution in [2.24, 2.45) is 0 Å². The van der Waals surface area contributed by atoms with Gasteiger partial charge in [-0.05, 0) is 24.1 Å². The van der Waals surface area contributed by atoms with Crippen molar-refractivity contribution in [1.82, 2.24) is 5.32 Å². The maximum absolute atomic E-state index is 13.8. The van der Waals surface area contributed by atoms with Crippen LogP contribution in [0.15, 0.2) is 42.5 Å². The second-order valence-electron chi connectivity index (χ2n) is 4.77. The van der Waals surface area contributed by atoms with Crippen LogP contribution in [0, 0.1) is 5.82 Å². The van der Waals surface area contributed by atoms with Gasteiger partial charge in [0.15, 0.2) is 0 Å². The second-order valence-corrected chi connectivity index (χ2v) is 4.77. The summed E-state index contributed by atoms with van der Waals surface area (Å²) in [6.45, 7) is 2.01. The molecule has 0 aromatic heterocycles. The van der Waals surface area contributed by atoms with Crippen molar-refractivity contribution in [3.8, 4) is 0 Å². The molecule has 1 unspecified atom stereocenters. The van der Waals surface area contributed by atoms with E-state index in [9.17, 15) is 9.18 Å². The first kappa shape index (κ1) is 12.7. The number of benzene rings is 2. The molecule has 0 aliphatic carbocycles. The lowest BCUT2D eigenvalue weighted by molar-refractivity contribution is 0.0934. The summed E-state index contributed by atoms with van der Waals surface area (Å²) < 4.78 is 13.8. The highest BCUT2D eigenvalue weighted by Gasteiger charge is 2.27. The number of halogens is 1. The number of rotatable bonds is 2. The van der Waals surface area contributed by atoms with E-state index in [-0.39, 0.29) is 11.7 Å². The molecule has 1 amide bonds. The molecule has 1 aliphatic rings. The van der Waals surface area contributed by atoms with E-state index in [4.69, 9.17) is 0 Å². The average molecular weight is 270 g/mol. The fourth-order valence-electron chi connectivity index (χ4n) is 2.54. The lowest BCUT2D eigenvalue weighted by Gasteiger charge is -2.29. The molecule has 0 radical (unpaired) electrons. The Morgan fingerprint density at radius 1 is 1.10 bits per heavy atom. The molecule has 0 bridgehead atoms. The molecule has 3 nitrogen and oxygen atoms in total. The van der Waals surface area contributed by atoms with Gasteiger partial charge in [0.2, 0.25) is 0 Å². The molecule has 1 atom stereocenters. The number of hydrogen-bond donors (Lipinski definition) is 2. The van der Waals surface area contributed by atoms with Gasteiger partial charge < -0.3 is 10.6 Å². The second kappa shape index (κ2) is 4.96. The van der Waals surface area contributed by atoms with E-state index >= 15 is 0 Å². The minimum atomic E-state index is -0.539. The Morgan fingerprint density at radius 2 is 1.90 bits per heavy atom. The number of amides is 1. The summed E-state index contributed by atoms with van der Waals surface area (Å²) in [5.74, 6) is -0.496. The van der Waals surface area contributed by atoms with Crippen molar-refractivity contribution in [3.63, 3.8) is 0 Å². The lowest BCUT2D eigenvalue weighted by atomic mass is 9.99. The number of anilines is 1. The van der Waals surface area contributed by atoms with Crippen molar-refractivity contribution in [3.05, 3.63) is 65.0 Å². The minimum absolute atomic E-state index is 0.163. The zero-order chi connectivity index (χ0) is 14.1. The molecule has 4 heteroatoms. The Morgan fingerprint density at radius 3 is 2.65 bits per heavy atom. The molecule has 1 aliphatic heterocycles. The summed E-state index contributed by atoms with van der Waals surface area (Å²) >= 11 is 0. The van der Waals surface area contributed by atoms with E-state index in [1.54, 1.807) is 18.2 Å². The van der Waals surface area contributed by atoms with E-state index in [1.807, 2.05) is 25.1 Å². The monoisotopic (exact) mass is 270 g/mol. The molecule has 102 valence electrons. The van der Waals surface area contributed by atoms with Gasteiger partial charge in [-0.25, -0.2) is 4.39 Å². The first-order chi connectivity index (χ1) is 9.70. The predicted octanol–water partition coefficient (Wildman–Crippen LogP) is 3.24. The highest BCUT2D eigenvalue weighted by molar-refractivity contribution is 6.03. The van der Waals surface area contributed by atoms with Gasteiger partial charge in [-0.3, -0.25) is 4.79 Å². The zero-order valence-corrected chi connectivity index (χ0v) is 11.1. The zero-order valence-electron chi connectivity index (χ0n) is 11.1. The van der Waals surface area contributed by atoms with Gasteiger partial charge in [0.25, 0.3) is 5.91 Å². The highest BCUT2D eigenvalue weighted by atomic mass is 19.1. The van der Waals surface area contributed by atoms with E-state index in [1.165, 1.54) is 6.07 Å².